The van der Waals surface area contributed by atoms with Gasteiger partial charge >= 0.3 is 108 Å². The quantitative estimate of drug-likeness (QED) is 0.262. The van der Waals surface area contributed by atoms with Crippen LogP contribution in [0.4, 0.5) is 0 Å². The Morgan fingerprint density at radius 1 is 1.12 bits per heavy atom. The summed E-state index contributed by atoms with van der Waals surface area (Å²) in [6.07, 6.45) is -0.741. The van der Waals surface area contributed by atoms with Crippen LogP contribution in [0.1, 0.15) is 18.1 Å². The fourth-order valence-electron chi connectivity index (χ4n) is 0.514. The summed E-state index contributed by atoms with van der Waals surface area (Å²) in [5.74, 6) is 0. The minimum Gasteiger partial charge on any atom is -1.00 e. The molecule has 0 aliphatic carbocycles. The maximum Gasteiger partial charge on any atom is 1.00 e. The summed E-state index contributed by atoms with van der Waals surface area (Å²) in [6.45, 7) is 2.79. The Hall–Kier alpha value is 3.88. The Morgan fingerprint density at radius 3 is 1.59 bits per heavy atom. The van der Waals surface area contributed by atoms with Crippen LogP contribution in [-0.2, 0) is 13.7 Å². The zero-order valence-corrected chi connectivity index (χ0v) is 19.6. The van der Waals surface area contributed by atoms with Crippen molar-refractivity contribution in [2.75, 3.05) is 0 Å². The van der Waals surface area contributed by atoms with E-state index in [1.165, 1.54) is 13.8 Å². The Bertz CT molecular complexity index is 320. The largest absolute Gasteiger partial charge is 1.00 e. The molecule has 92 valence electrons. The zero-order chi connectivity index (χ0) is 11.8. The van der Waals surface area contributed by atoms with Gasteiger partial charge in [0, 0.05) is 0 Å². The van der Waals surface area contributed by atoms with Crippen LogP contribution in [0, 0.1) is 0 Å². The molecule has 0 saturated heterocycles. The third-order valence-corrected chi connectivity index (χ3v) is 7.28. The van der Waals surface area contributed by atoms with Crippen LogP contribution in [0.2, 0.25) is 0 Å². The molecule has 17 heavy (non-hydrogen) atoms. The maximum atomic E-state index is 11.3. The molecule has 0 amide bonds. The van der Waals surface area contributed by atoms with Crippen LogP contribution < -0.4 is 88.7 Å². The predicted octanol–water partition coefficient (Wildman–Crippen LogP) is -6.79. The SMILES string of the molecule is CC(C)OP(=O)(O)C(Cl)(Cl)P(=O)(O)O.[H-].[H-].[H-].[Na+].[Na+].[Na+]. The molecule has 1 unspecified atom stereocenters. The first-order valence-corrected chi connectivity index (χ1v) is 7.31. The predicted molar refractivity (Wildman–Crippen MR) is 55.9 cm³/mol. The van der Waals surface area contributed by atoms with Crippen molar-refractivity contribution in [1.29, 1.82) is 0 Å². The third-order valence-electron chi connectivity index (χ3n) is 1.04. The Morgan fingerprint density at radius 2 is 1.41 bits per heavy atom. The van der Waals surface area contributed by atoms with Gasteiger partial charge < -0.3 is 23.5 Å². The smallest absolute Gasteiger partial charge is 1.00 e. The fourth-order valence-corrected chi connectivity index (χ4v) is 2.91. The van der Waals surface area contributed by atoms with Crippen molar-refractivity contribution in [3.05, 3.63) is 0 Å². The van der Waals surface area contributed by atoms with Crippen molar-refractivity contribution in [2.24, 2.45) is 0 Å². The van der Waals surface area contributed by atoms with Crippen molar-refractivity contribution >= 4 is 38.4 Å². The number of hydrogen-bond acceptors (Lipinski definition) is 3. The van der Waals surface area contributed by atoms with Gasteiger partial charge in [-0.25, -0.2) is 0 Å². The molecule has 0 aromatic rings. The van der Waals surface area contributed by atoms with E-state index in [9.17, 15) is 9.13 Å². The average Bonchev–Trinajstić information content (AvgIpc) is 1.80. The van der Waals surface area contributed by atoms with E-state index in [1.54, 1.807) is 0 Å². The molecular weight excluding hydrogens is 346 g/mol. The van der Waals surface area contributed by atoms with E-state index >= 15 is 0 Å². The molecule has 0 fully saturated rings. The van der Waals surface area contributed by atoms with E-state index in [0.29, 0.717) is 0 Å². The Balaban J connectivity index is -0.0000000563. The minimum atomic E-state index is -5.15. The first-order valence-electron chi connectivity index (χ1n) is 3.36. The van der Waals surface area contributed by atoms with E-state index in [0.717, 1.165) is 0 Å². The van der Waals surface area contributed by atoms with Gasteiger partial charge in [0.25, 0.3) is 0 Å². The number of hydrogen-bond donors (Lipinski definition) is 3. The molecule has 0 spiro atoms. The standard InChI is InChI=1S/C4H10Cl2O6P2.3Na.3H/c1-3(2)12-14(10,11)4(5,6)13(7,8)9;;;;;;/h3H,1-2H3,(H,10,11)(H2,7,8,9);;;;;;/q;3*+1;3*-1. The summed E-state index contributed by atoms with van der Waals surface area (Å²) < 4.78 is 23.2. The molecule has 0 aliphatic rings. The first-order chi connectivity index (χ1) is 5.92. The van der Waals surface area contributed by atoms with Gasteiger partial charge in [0.15, 0.2) is 0 Å². The molecule has 0 aliphatic heterocycles. The van der Waals surface area contributed by atoms with Crippen LogP contribution in [0.15, 0.2) is 0 Å². The molecule has 0 bridgehead atoms. The molecule has 0 aromatic carbocycles. The van der Waals surface area contributed by atoms with Gasteiger partial charge in [-0.15, -0.1) is 0 Å². The second-order valence-corrected chi connectivity index (χ2v) is 9.14. The molecule has 0 heterocycles. The number of halogens is 2. The second-order valence-electron chi connectivity index (χ2n) is 2.73. The van der Waals surface area contributed by atoms with Gasteiger partial charge in [0.2, 0.25) is 0 Å². The van der Waals surface area contributed by atoms with Crippen LogP contribution >= 0.6 is 38.4 Å². The number of alkyl halides is 2. The van der Waals surface area contributed by atoms with Gasteiger partial charge in [-0.05, 0) is 13.8 Å². The Kier molecular flexibility index (Phi) is 18.0. The van der Waals surface area contributed by atoms with Gasteiger partial charge in [0.05, 0.1) is 6.10 Å². The molecular formula is C4H13Cl2Na3O6P2. The normalized spacial score (nSPS) is 15.1. The van der Waals surface area contributed by atoms with Gasteiger partial charge in [-0.3, -0.25) is 9.13 Å². The molecule has 13 heteroatoms. The average molecular weight is 359 g/mol. The van der Waals surface area contributed by atoms with E-state index < -0.39 is 25.1 Å². The molecule has 1 atom stereocenters. The summed E-state index contributed by atoms with van der Waals surface area (Å²) >= 11 is 10.2. The van der Waals surface area contributed by atoms with Crippen LogP contribution in [-0.4, -0.2) is 24.6 Å². The van der Waals surface area contributed by atoms with Crippen molar-refractivity contribution in [2.45, 2.75) is 23.8 Å². The van der Waals surface area contributed by atoms with Gasteiger partial charge in [0.1, 0.15) is 0 Å². The monoisotopic (exact) mass is 358 g/mol. The second kappa shape index (κ2) is 10.6. The Labute approximate surface area is 181 Å². The molecule has 0 aromatic heterocycles. The molecule has 0 saturated carbocycles. The van der Waals surface area contributed by atoms with Crippen molar-refractivity contribution in [3.63, 3.8) is 0 Å². The number of rotatable bonds is 4. The fraction of sp³-hybridized carbons (Fsp3) is 1.00. The van der Waals surface area contributed by atoms with Gasteiger partial charge in [-0.1, -0.05) is 23.2 Å². The topological polar surface area (TPSA) is 104 Å². The van der Waals surface area contributed by atoms with Crippen molar-refractivity contribution in [3.8, 4) is 0 Å². The first kappa shape index (κ1) is 29.0. The molecule has 0 radical (unpaired) electrons. The summed E-state index contributed by atoms with van der Waals surface area (Å²) in [4.78, 5) is 26.4. The summed E-state index contributed by atoms with van der Waals surface area (Å²) in [5, 5.41) is 0. The van der Waals surface area contributed by atoms with Crippen molar-refractivity contribution in [1.82, 2.24) is 0 Å². The van der Waals surface area contributed by atoms with Crippen LogP contribution in [0.3, 0.4) is 0 Å². The third kappa shape index (κ3) is 8.80. The van der Waals surface area contributed by atoms with Crippen LogP contribution in [0.25, 0.3) is 0 Å². The van der Waals surface area contributed by atoms with E-state index in [1.807, 2.05) is 0 Å². The summed E-state index contributed by atoms with van der Waals surface area (Å²) in [7, 11) is -9.96. The maximum absolute atomic E-state index is 11.3. The molecule has 0 rings (SSSR count). The molecule has 3 N–H and O–H groups in total. The summed E-state index contributed by atoms with van der Waals surface area (Å²) in [5.41, 5.74) is 0. The zero-order valence-electron chi connectivity index (χ0n) is 13.3. The van der Waals surface area contributed by atoms with Crippen LogP contribution in [0.5, 0.6) is 0 Å². The summed E-state index contributed by atoms with van der Waals surface area (Å²) in [6, 6.07) is 0. The van der Waals surface area contributed by atoms with E-state index in [2.05, 4.69) is 4.52 Å². The minimum absolute atomic E-state index is 0. The van der Waals surface area contributed by atoms with Crippen molar-refractivity contribution < 1.29 is 121 Å². The molecule has 6 nitrogen and oxygen atoms in total. The van der Waals surface area contributed by atoms with Gasteiger partial charge in [-0.2, -0.15) is 0 Å². The van der Waals surface area contributed by atoms with E-state index in [-0.39, 0.29) is 93.0 Å². The van der Waals surface area contributed by atoms with E-state index in [4.69, 9.17) is 37.9 Å².